The largest absolute Gasteiger partial charge is 0.352 e. The molecule has 0 aromatic heterocycles. The fourth-order valence-electron chi connectivity index (χ4n) is 2.69. The smallest absolute Gasteiger partial charge is 0.242 e. The van der Waals surface area contributed by atoms with Crippen LogP contribution < -0.4 is 5.32 Å². The Balaban J connectivity index is 2.05. The molecule has 0 aliphatic heterocycles. The fourth-order valence-corrected chi connectivity index (χ4v) is 4.09. The Hall–Kier alpha value is -1.31. The maximum atomic E-state index is 13.0. The van der Waals surface area contributed by atoms with Gasteiger partial charge in [-0.05, 0) is 56.2 Å². The van der Waals surface area contributed by atoms with Gasteiger partial charge in [0.1, 0.15) is 6.04 Å². The van der Waals surface area contributed by atoms with E-state index in [0.29, 0.717) is 12.3 Å². The van der Waals surface area contributed by atoms with Crippen LogP contribution >= 0.6 is 43.6 Å². The van der Waals surface area contributed by atoms with Crippen molar-refractivity contribution in [2.75, 3.05) is 5.75 Å². The third-order valence-corrected chi connectivity index (χ3v) is 6.32. The number of nitrogens with one attached hydrogen (secondary N) is 1. The molecule has 0 radical (unpaired) electrons. The monoisotopic (exact) mass is 540 g/mol. The molecule has 2 rings (SSSR count). The standard InChI is InChI=1S/C22H26Br2N2O2S/c1-15(2)25-22(28)16(3)26(12-17-4-8-19(23)9-5-17)21(27)14-29-13-18-6-10-20(24)11-7-18/h4-11,15-16H,12-14H2,1-3H3,(H,25,28)/t16-/m0/s1. The highest BCUT2D eigenvalue weighted by molar-refractivity contribution is 9.10. The maximum Gasteiger partial charge on any atom is 0.242 e. The molecule has 0 spiro atoms. The second kappa shape index (κ2) is 11.8. The predicted octanol–water partition coefficient (Wildman–Crippen LogP) is 5.39. The van der Waals surface area contributed by atoms with Crippen molar-refractivity contribution in [1.29, 1.82) is 0 Å². The molecule has 0 heterocycles. The minimum atomic E-state index is -0.540. The van der Waals surface area contributed by atoms with E-state index < -0.39 is 6.04 Å². The lowest BCUT2D eigenvalue weighted by molar-refractivity contribution is -0.138. The van der Waals surface area contributed by atoms with Crippen LogP contribution in [0.2, 0.25) is 0 Å². The molecule has 156 valence electrons. The van der Waals surface area contributed by atoms with Crippen LogP contribution in [0.4, 0.5) is 0 Å². The molecule has 0 aliphatic carbocycles. The minimum Gasteiger partial charge on any atom is -0.352 e. The Kier molecular flexibility index (Phi) is 9.72. The number of hydrogen-bond donors (Lipinski definition) is 1. The summed E-state index contributed by atoms with van der Waals surface area (Å²) < 4.78 is 2.02. The highest BCUT2D eigenvalue weighted by atomic mass is 79.9. The molecular weight excluding hydrogens is 516 g/mol. The van der Waals surface area contributed by atoms with Crippen LogP contribution in [-0.2, 0) is 21.9 Å². The van der Waals surface area contributed by atoms with Gasteiger partial charge < -0.3 is 10.2 Å². The Bertz CT molecular complexity index is 811. The van der Waals surface area contributed by atoms with Crippen LogP contribution in [0, 0.1) is 0 Å². The topological polar surface area (TPSA) is 49.4 Å². The van der Waals surface area contributed by atoms with Gasteiger partial charge in [-0.3, -0.25) is 9.59 Å². The summed E-state index contributed by atoms with van der Waals surface area (Å²) in [5.74, 6) is 0.897. The zero-order chi connectivity index (χ0) is 21.4. The van der Waals surface area contributed by atoms with Crippen LogP contribution in [0.15, 0.2) is 57.5 Å². The normalized spacial score (nSPS) is 11.9. The van der Waals surface area contributed by atoms with Gasteiger partial charge in [-0.15, -0.1) is 11.8 Å². The number of thioether (sulfide) groups is 1. The van der Waals surface area contributed by atoms with E-state index in [0.717, 1.165) is 25.8 Å². The summed E-state index contributed by atoms with van der Waals surface area (Å²) in [5, 5.41) is 2.91. The molecular formula is C22H26Br2N2O2S. The number of benzene rings is 2. The van der Waals surface area contributed by atoms with Gasteiger partial charge in [-0.1, -0.05) is 56.1 Å². The van der Waals surface area contributed by atoms with Gasteiger partial charge in [0.15, 0.2) is 0 Å². The second-order valence-corrected chi connectivity index (χ2v) is 9.92. The van der Waals surface area contributed by atoms with Crippen molar-refractivity contribution in [3.05, 3.63) is 68.6 Å². The van der Waals surface area contributed by atoms with E-state index in [4.69, 9.17) is 0 Å². The van der Waals surface area contributed by atoms with Crippen molar-refractivity contribution in [2.24, 2.45) is 0 Å². The first-order chi connectivity index (χ1) is 13.8. The third kappa shape index (κ3) is 8.15. The molecule has 29 heavy (non-hydrogen) atoms. The van der Waals surface area contributed by atoms with Crippen molar-refractivity contribution in [3.8, 4) is 0 Å². The molecule has 7 heteroatoms. The number of nitrogens with zero attached hydrogens (tertiary/aromatic N) is 1. The number of rotatable bonds is 9. The molecule has 2 aromatic carbocycles. The maximum absolute atomic E-state index is 13.0. The summed E-state index contributed by atoms with van der Waals surface area (Å²) in [5.41, 5.74) is 2.15. The zero-order valence-corrected chi connectivity index (χ0v) is 20.8. The van der Waals surface area contributed by atoms with Crippen LogP contribution in [0.25, 0.3) is 0 Å². The summed E-state index contributed by atoms with van der Waals surface area (Å²) in [6, 6.07) is 15.4. The number of halogens is 2. The molecule has 0 unspecified atom stereocenters. The van der Waals surface area contributed by atoms with Gasteiger partial charge in [-0.25, -0.2) is 0 Å². The SMILES string of the molecule is CC(C)NC(=O)[C@H](C)N(Cc1ccc(Br)cc1)C(=O)CSCc1ccc(Br)cc1. The number of amides is 2. The molecule has 2 amide bonds. The Morgan fingerprint density at radius 2 is 1.45 bits per heavy atom. The van der Waals surface area contributed by atoms with Gasteiger partial charge in [0, 0.05) is 27.3 Å². The van der Waals surface area contributed by atoms with Gasteiger partial charge in [0.05, 0.1) is 5.75 Å². The minimum absolute atomic E-state index is 0.0290. The van der Waals surface area contributed by atoms with Crippen molar-refractivity contribution >= 4 is 55.4 Å². The molecule has 0 aliphatic rings. The summed E-state index contributed by atoms with van der Waals surface area (Å²) >= 11 is 8.42. The van der Waals surface area contributed by atoms with Gasteiger partial charge in [0.2, 0.25) is 11.8 Å². The number of hydrogen-bond acceptors (Lipinski definition) is 3. The summed E-state index contributed by atoms with van der Waals surface area (Å²) in [7, 11) is 0. The Morgan fingerprint density at radius 1 is 0.931 bits per heavy atom. The van der Waals surface area contributed by atoms with Crippen LogP contribution in [0.5, 0.6) is 0 Å². The van der Waals surface area contributed by atoms with E-state index in [9.17, 15) is 9.59 Å². The number of carbonyl (C=O) groups is 2. The van der Waals surface area contributed by atoms with E-state index in [-0.39, 0.29) is 17.9 Å². The lowest BCUT2D eigenvalue weighted by Gasteiger charge is -2.29. The molecule has 0 saturated carbocycles. The van der Waals surface area contributed by atoms with Crippen LogP contribution in [0.3, 0.4) is 0 Å². The van der Waals surface area contributed by atoms with Crippen molar-refractivity contribution in [1.82, 2.24) is 10.2 Å². The molecule has 0 saturated heterocycles. The highest BCUT2D eigenvalue weighted by Crippen LogP contribution is 2.19. The Labute approximate surface area is 194 Å². The molecule has 2 aromatic rings. The van der Waals surface area contributed by atoms with E-state index in [1.54, 1.807) is 23.6 Å². The predicted molar refractivity (Wildman–Crippen MR) is 128 cm³/mol. The fraction of sp³-hybridized carbons (Fsp3) is 0.364. The van der Waals surface area contributed by atoms with E-state index in [2.05, 4.69) is 37.2 Å². The summed E-state index contributed by atoms with van der Waals surface area (Å²) in [6.45, 7) is 6.02. The van der Waals surface area contributed by atoms with Gasteiger partial charge in [0.25, 0.3) is 0 Å². The van der Waals surface area contributed by atoms with Crippen molar-refractivity contribution in [3.63, 3.8) is 0 Å². The quantitative estimate of drug-likeness (QED) is 0.463. The summed E-state index contributed by atoms with van der Waals surface area (Å²) in [6.07, 6.45) is 0. The Morgan fingerprint density at radius 3 is 1.97 bits per heavy atom. The first kappa shape index (κ1) is 24.0. The van der Waals surface area contributed by atoms with Gasteiger partial charge in [-0.2, -0.15) is 0 Å². The number of carbonyl (C=O) groups excluding carboxylic acids is 2. The molecule has 1 N–H and O–H groups in total. The van der Waals surface area contributed by atoms with Crippen molar-refractivity contribution in [2.45, 2.75) is 45.2 Å². The van der Waals surface area contributed by atoms with Crippen molar-refractivity contribution < 1.29 is 9.59 Å². The third-order valence-electron chi connectivity index (χ3n) is 4.27. The first-order valence-corrected chi connectivity index (χ1v) is 12.2. The lowest BCUT2D eigenvalue weighted by atomic mass is 10.1. The zero-order valence-electron chi connectivity index (χ0n) is 16.8. The molecule has 4 nitrogen and oxygen atoms in total. The highest BCUT2D eigenvalue weighted by Gasteiger charge is 2.26. The molecule has 1 atom stereocenters. The second-order valence-electron chi connectivity index (χ2n) is 7.11. The lowest BCUT2D eigenvalue weighted by Crippen LogP contribution is -2.49. The average Bonchev–Trinajstić information content (AvgIpc) is 2.68. The van der Waals surface area contributed by atoms with Crippen LogP contribution in [0.1, 0.15) is 31.9 Å². The van der Waals surface area contributed by atoms with E-state index >= 15 is 0 Å². The molecule has 0 fully saturated rings. The molecule has 0 bridgehead atoms. The average molecular weight is 542 g/mol. The first-order valence-electron chi connectivity index (χ1n) is 9.42. The summed E-state index contributed by atoms with van der Waals surface area (Å²) in [4.78, 5) is 27.2. The van der Waals surface area contributed by atoms with E-state index in [1.165, 1.54) is 0 Å². The van der Waals surface area contributed by atoms with Crippen LogP contribution in [-0.4, -0.2) is 34.6 Å². The van der Waals surface area contributed by atoms with E-state index in [1.807, 2.05) is 62.4 Å². The van der Waals surface area contributed by atoms with Gasteiger partial charge >= 0.3 is 0 Å².